The first-order valence-corrected chi connectivity index (χ1v) is 7.76. The molecule has 3 rings (SSSR count). The number of para-hydroxylation sites is 1. The first-order chi connectivity index (χ1) is 9.15. The number of hydrogen-bond acceptors (Lipinski definition) is 2. The molecule has 0 fully saturated rings. The average molecular weight is 310 g/mol. The maximum Gasteiger partial charge on any atom is 0.0568 e. The Morgan fingerprint density at radius 3 is 2.63 bits per heavy atom. The van der Waals surface area contributed by atoms with Crippen molar-refractivity contribution in [2.45, 2.75) is 22.1 Å². The highest BCUT2D eigenvalue weighted by molar-refractivity contribution is 7.99. The standard InChI is InChI=1S/C15H13Cl2NS/c1-10(16)9-18-12-4-2-3-5-14(12)19-15-7-6-11(17)8-13(15)18/h2-8,10H,9H2,1H3/t10-/m1/s1. The molecule has 0 aromatic heterocycles. The number of fused-ring (bicyclic) bond motifs is 2. The van der Waals surface area contributed by atoms with E-state index in [9.17, 15) is 0 Å². The van der Waals surface area contributed by atoms with E-state index in [1.165, 1.54) is 15.5 Å². The van der Waals surface area contributed by atoms with Gasteiger partial charge in [0.2, 0.25) is 0 Å². The SMILES string of the molecule is C[C@@H](Cl)CN1c2ccccc2Sc2ccc(Cl)cc21. The lowest BCUT2D eigenvalue weighted by Gasteiger charge is -2.33. The second-order valence-corrected chi connectivity index (χ2v) is 6.84. The number of anilines is 2. The Labute approximate surface area is 127 Å². The molecule has 1 nitrogen and oxygen atoms in total. The van der Waals surface area contributed by atoms with Crippen LogP contribution in [-0.2, 0) is 0 Å². The fourth-order valence-electron chi connectivity index (χ4n) is 2.25. The van der Waals surface area contributed by atoms with Gasteiger partial charge < -0.3 is 4.90 Å². The van der Waals surface area contributed by atoms with Crippen molar-refractivity contribution in [2.24, 2.45) is 0 Å². The van der Waals surface area contributed by atoms with Crippen LogP contribution >= 0.6 is 35.0 Å². The summed E-state index contributed by atoms with van der Waals surface area (Å²) in [5.74, 6) is 0. The Balaban J connectivity index is 2.13. The minimum Gasteiger partial charge on any atom is -0.338 e. The molecule has 1 aliphatic heterocycles. The number of rotatable bonds is 2. The number of nitrogens with zero attached hydrogens (tertiary/aromatic N) is 1. The van der Waals surface area contributed by atoms with Crippen LogP contribution in [0.4, 0.5) is 11.4 Å². The molecule has 4 heteroatoms. The van der Waals surface area contributed by atoms with Crippen LogP contribution in [0.15, 0.2) is 52.3 Å². The van der Waals surface area contributed by atoms with Gasteiger partial charge in [0.25, 0.3) is 0 Å². The molecule has 2 aromatic carbocycles. The van der Waals surface area contributed by atoms with E-state index in [1.807, 2.05) is 19.1 Å². The zero-order valence-electron chi connectivity index (χ0n) is 10.4. The van der Waals surface area contributed by atoms with Crippen molar-refractivity contribution in [3.05, 3.63) is 47.5 Å². The summed E-state index contributed by atoms with van der Waals surface area (Å²) in [6.45, 7) is 2.78. The van der Waals surface area contributed by atoms with Crippen LogP contribution in [0.5, 0.6) is 0 Å². The summed E-state index contributed by atoms with van der Waals surface area (Å²) in [5, 5.41) is 0.828. The number of benzene rings is 2. The molecule has 19 heavy (non-hydrogen) atoms. The third-order valence-corrected chi connectivity index (χ3v) is 4.53. The second kappa shape index (κ2) is 5.28. The number of hydrogen-bond donors (Lipinski definition) is 0. The minimum absolute atomic E-state index is 0.0722. The van der Waals surface area contributed by atoms with Gasteiger partial charge in [-0.25, -0.2) is 0 Å². The van der Waals surface area contributed by atoms with Crippen LogP contribution in [0, 0.1) is 0 Å². The van der Waals surface area contributed by atoms with Crippen molar-refractivity contribution in [1.29, 1.82) is 0 Å². The van der Waals surface area contributed by atoms with Gasteiger partial charge in [0.05, 0.1) is 11.4 Å². The molecule has 98 valence electrons. The highest BCUT2D eigenvalue weighted by Gasteiger charge is 2.24. The van der Waals surface area contributed by atoms with Crippen LogP contribution in [0.1, 0.15) is 6.92 Å². The third kappa shape index (κ3) is 2.58. The third-order valence-electron chi connectivity index (χ3n) is 3.02. The molecule has 1 heterocycles. The van der Waals surface area contributed by atoms with Crippen LogP contribution < -0.4 is 4.90 Å². The van der Waals surface area contributed by atoms with Gasteiger partial charge in [-0.15, -0.1) is 11.6 Å². The van der Waals surface area contributed by atoms with Crippen molar-refractivity contribution >= 4 is 46.3 Å². The topological polar surface area (TPSA) is 3.24 Å². The summed E-state index contributed by atoms with van der Waals surface area (Å²) in [6.07, 6.45) is 0. The lowest BCUT2D eigenvalue weighted by molar-refractivity contribution is 0.873. The lowest BCUT2D eigenvalue weighted by Crippen LogP contribution is -2.26. The highest BCUT2D eigenvalue weighted by atomic mass is 35.5. The van der Waals surface area contributed by atoms with Gasteiger partial charge in [-0.2, -0.15) is 0 Å². The predicted octanol–water partition coefficient (Wildman–Crippen LogP) is 5.57. The molecule has 0 amide bonds. The van der Waals surface area contributed by atoms with Gasteiger partial charge in [0.1, 0.15) is 0 Å². The zero-order chi connectivity index (χ0) is 13.4. The zero-order valence-corrected chi connectivity index (χ0v) is 12.8. The van der Waals surface area contributed by atoms with Crippen molar-refractivity contribution < 1.29 is 0 Å². The second-order valence-electron chi connectivity index (χ2n) is 4.57. The summed E-state index contributed by atoms with van der Waals surface area (Å²) >= 11 is 14.1. The Kier molecular flexibility index (Phi) is 3.66. The molecule has 0 bridgehead atoms. The summed E-state index contributed by atoms with van der Waals surface area (Å²) in [4.78, 5) is 4.74. The molecule has 2 aromatic rings. The van der Waals surface area contributed by atoms with Gasteiger partial charge in [0, 0.05) is 26.7 Å². The fraction of sp³-hybridized carbons (Fsp3) is 0.200. The molecule has 1 aliphatic rings. The quantitative estimate of drug-likeness (QED) is 0.667. The monoisotopic (exact) mass is 309 g/mol. The molecule has 0 spiro atoms. The van der Waals surface area contributed by atoms with Crippen molar-refractivity contribution in [3.63, 3.8) is 0 Å². The molecule has 0 saturated carbocycles. The Morgan fingerprint density at radius 2 is 1.84 bits per heavy atom. The van der Waals surface area contributed by atoms with E-state index in [-0.39, 0.29) is 5.38 Å². The van der Waals surface area contributed by atoms with Gasteiger partial charge in [-0.05, 0) is 37.3 Å². The van der Waals surface area contributed by atoms with Gasteiger partial charge in [-0.3, -0.25) is 0 Å². The van der Waals surface area contributed by atoms with Crippen molar-refractivity contribution in [1.82, 2.24) is 0 Å². The van der Waals surface area contributed by atoms with E-state index in [4.69, 9.17) is 23.2 Å². The van der Waals surface area contributed by atoms with E-state index < -0.39 is 0 Å². The summed E-state index contributed by atoms with van der Waals surface area (Å²) in [7, 11) is 0. The fourth-order valence-corrected chi connectivity index (χ4v) is 3.63. The summed E-state index contributed by atoms with van der Waals surface area (Å²) in [6, 6.07) is 14.4. The van der Waals surface area contributed by atoms with Crippen LogP contribution in [0.3, 0.4) is 0 Å². The molecule has 0 aliphatic carbocycles. The van der Waals surface area contributed by atoms with Crippen molar-refractivity contribution in [2.75, 3.05) is 11.4 Å². The van der Waals surface area contributed by atoms with E-state index in [0.717, 1.165) is 17.3 Å². The normalized spacial score (nSPS) is 14.8. The van der Waals surface area contributed by atoms with Gasteiger partial charge in [-0.1, -0.05) is 35.5 Å². The van der Waals surface area contributed by atoms with E-state index >= 15 is 0 Å². The largest absolute Gasteiger partial charge is 0.338 e. The predicted molar refractivity (Wildman–Crippen MR) is 84.3 cm³/mol. The highest BCUT2D eigenvalue weighted by Crippen LogP contribution is 2.48. The molecule has 0 N–H and O–H groups in total. The van der Waals surface area contributed by atoms with Crippen LogP contribution in [-0.4, -0.2) is 11.9 Å². The van der Waals surface area contributed by atoms with E-state index in [2.05, 4.69) is 35.2 Å². The molecule has 0 saturated heterocycles. The maximum absolute atomic E-state index is 6.20. The number of alkyl halides is 1. The smallest absolute Gasteiger partial charge is 0.0568 e. The van der Waals surface area contributed by atoms with Gasteiger partial charge in [0.15, 0.2) is 0 Å². The maximum atomic E-state index is 6.20. The van der Waals surface area contributed by atoms with E-state index in [1.54, 1.807) is 11.8 Å². The summed E-state index contributed by atoms with van der Waals surface area (Å²) < 4.78 is 0. The minimum atomic E-state index is 0.0722. The first kappa shape index (κ1) is 13.2. The average Bonchev–Trinajstić information content (AvgIpc) is 2.39. The van der Waals surface area contributed by atoms with Crippen LogP contribution in [0.25, 0.3) is 0 Å². The molecular formula is C15H13Cl2NS. The molecular weight excluding hydrogens is 297 g/mol. The summed E-state index contributed by atoms with van der Waals surface area (Å²) in [5.41, 5.74) is 2.35. The van der Waals surface area contributed by atoms with E-state index in [0.29, 0.717) is 0 Å². The van der Waals surface area contributed by atoms with Crippen molar-refractivity contribution in [3.8, 4) is 0 Å². The lowest BCUT2D eigenvalue weighted by atomic mass is 10.2. The molecule has 0 unspecified atom stereocenters. The van der Waals surface area contributed by atoms with Gasteiger partial charge >= 0.3 is 0 Å². The molecule has 0 radical (unpaired) electrons. The Morgan fingerprint density at radius 1 is 1.11 bits per heavy atom. The first-order valence-electron chi connectivity index (χ1n) is 6.13. The van der Waals surface area contributed by atoms with Crippen LogP contribution in [0.2, 0.25) is 5.02 Å². The Hall–Kier alpha value is -0.830. The number of halogens is 2. The molecule has 1 atom stereocenters. The Bertz CT molecular complexity index is 613.